The summed E-state index contributed by atoms with van der Waals surface area (Å²) in [7, 11) is 0. The van der Waals surface area contributed by atoms with E-state index in [9.17, 15) is 4.79 Å². The lowest BCUT2D eigenvalue weighted by Gasteiger charge is -2.23. The predicted octanol–water partition coefficient (Wildman–Crippen LogP) is 1.92. The molecule has 1 N–H and O–H groups in total. The highest BCUT2D eigenvalue weighted by atomic mass is 32.2. The zero-order valence-corrected chi connectivity index (χ0v) is 11.3. The molecule has 1 aliphatic heterocycles. The van der Waals surface area contributed by atoms with Crippen LogP contribution in [0.3, 0.4) is 0 Å². The maximum absolute atomic E-state index is 11.8. The minimum atomic E-state index is -0.0997. The van der Waals surface area contributed by atoms with Crippen LogP contribution in [0.5, 0.6) is 0 Å². The van der Waals surface area contributed by atoms with Crippen LogP contribution in [0.4, 0.5) is 0 Å². The number of ether oxygens (including phenoxy) is 1. The van der Waals surface area contributed by atoms with Gasteiger partial charge in [-0.15, -0.1) is 0 Å². The number of carbonyl (C=O) groups excluding carboxylic acids is 1. The summed E-state index contributed by atoms with van der Waals surface area (Å²) in [6.45, 7) is 7.52. The predicted molar refractivity (Wildman–Crippen MR) is 68.7 cm³/mol. The van der Waals surface area contributed by atoms with Gasteiger partial charge in [0.15, 0.2) is 0 Å². The molecule has 94 valence electrons. The van der Waals surface area contributed by atoms with E-state index >= 15 is 0 Å². The number of thioether (sulfide) groups is 1. The lowest BCUT2D eigenvalue weighted by molar-refractivity contribution is -0.147. The first-order chi connectivity index (χ1) is 7.65. The zero-order valence-electron chi connectivity index (χ0n) is 10.5. The first kappa shape index (κ1) is 13.8. The molecule has 1 heterocycles. The maximum atomic E-state index is 11.8. The lowest BCUT2D eigenvalue weighted by Crippen LogP contribution is -2.45. The molecule has 3 nitrogen and oxygen atoms in total. The van der Waals surface area contributed by atoms with Gasteiger partial charge in [0.2, 0.25) is 0 Å². The molecule has 1 rings (SSSR count). The normalized spacial score (nSPS) is 22.4. The van der Waals surface area contributed by atoms with Crippen LogP contribution in [-0.2, 0) is 9.53 Å². The molecule has 0 aliphatic carbocycles. The minimum Gasteiger partial charge on any atom is -0.465 e. The average molecular weight is 245 g/mol. The van der Waals surface area contributed by atoms with Gasteiger partial charge in [-0.25, -0.2) is 0 Å². The minimum absolute atomic E-state index is 0.0735. The molecule has 0 spiro atoms. The Balaban J connectivity index is 2.49. The second-order valence-corrected chi connectivity index (χ2v) is 5.81. The summed E-state index contributed by atoms with van der Waals surface area (Å²) in [6, 6.07) is -0.0997. The van der Waals surface area contributed by atoms with Gasteiger partial charge in [0.1, 0.15) is 6.04 Å². The third kappa shape index (κ3) is 4.34. The van der Waals surface area contributed by atoms with Gasteiger partial charge in [0.05, 0.1) is 6.61 Å². The molecule has 2 atom stereocenters. The number of rotatable bonds is 6. The molecule has 0 amide bonds. The van der Waals surface area contributed by atoms with Crippen LogP contribution in [0.15, 0.2) is 0 Å². The van der Waals surface area contributed by atoms with Crippen molar-refractivity contribution in [3.8, 4) is 0 Å². The van der Waals surface area contributed by atoms with Crippen LogP contribution in [0.1, 0.15) is 27.2 Å². The van der Waals surface area contributed by atoms with Crippen LogP contribution >= 0.6 is 11.8 Å². The van der Waals surface area contributed by atoms with Crippen molar-refractivity contribution in [2.75, 3.05) is 24.7 Å². The molecule has 4 heteroatoms. The van der Waals surface area contributed by atoms with Gasteiger partial charge in [0.25, 0.3) is 0 Å². The molecule has 0 aromatic carbocycles. The van der Waals surface area contributed by atoms with Crippen LogP contribution in [-0.4, -0.2) is 36.7 Å². The number of carbonyl (C=O) groups is 1. The van der Waals surface area contributed by atoms with Crippen molar-refractivity contribution < 1.29 is 9.53 Å². The molecule has 1 saturated heterocycles. The Labute approximate surface area is 103 Å². The molecule has 2 unspecified atom stereocenters. The Kier molecular flexibility index (Phi) is 6.21. The quantitative estimate of drug-likeness (QED) is 0.726. The van der Waals surface area contributed by atoms with Gasteiger partial charge in [-0.1, -0.05) is 13.8 Å². The Morgan fingerprint density at radius 2 is 2.31 bits per heavy atom. The highest BCUT2D eigenvalue weighted by Crippen LogP contribution is 2.26. The van der Waals surface area contributed by atoms with E-state index < -0.39 is 0 Å². The SMILES string of the molecule is CCOC(=O)C(NCC(C)C)C1CCSC1. The van der Waals surface area contributed by atoms with Crippen LogP contribution in [0.2, 0.25) is 0 Å². The molecule has 1 fully saturated rings. The van der Waals surface area contributed by atoms with E-state index in [0.29, 0.717) is 18.4 Å². The van der Waals surface area contributed by atoms with E-state index in [2.05, 4.69) is 19.2 Å². The number of hydrogen-bond acceptors (Lipinski definition) is 4. The summed E-state index contributed by atoms with van der Waals surface area (Å²) >= 11 is 1.93. The van der Waals surface area contributed by atoms with E-state index in [1.54, 1.807) is 0 Å². The fourth-order valence-electron chi connectivity index (χ4n) is 1.85. The summed E-state index contributed by atoms with van der Waals surface area (Å²) in [6.07, 6.45) is 1.12. The van der Waals surface area contributed by atoms with Crippen molar-refractivity contribution in [3.05, 3.63) is 0 Å². The van der Waals surface area contributed by atoms with Crippen molar-refractivity contribution in [2.45, 2.75) is 33.2 Å². The number of esters is 1. The van der Waals surface area contributed by atoms with E-state index in [1.165, 1.54) is 5.75 Å². The summed E-state index contributed by atoms with van der Waals surface area (Å²) in [5.41, 5.74) is 0. The summed E-state index contributed by atoms with van der Waals surface area (Å²) in [5, 5.41) is 3.36. The first-order valence-electron chi connectivity index (χ1n) is 6.13. The molecule has 16 heavy (non-hydrogen) atoms. The molecule has 0 saturated carbocycles. The third-order valence-corrected chi connectivity index (χ3v) is 3.91. The molecule has 0 radical (unpaired) electrons. The van der Waals surface area contributed by atoms with E-state index in [1.807, 2.05) is 18.7 Å². The largest absolute Gasteiger partial charge is 0.465 e. The maximum Gasteiger partial charge on any atom is 0.323 e. The van der Waals surface area contributed by atoms with Gasteiger partial charge < -0.3 is 10.1 Å². The van der Waals surface area contributed by atoms with Crippen molar-refractivity contribution >= 4 is 17.7 Å². The summed E-state index contributed by atoms with van der Waals surface area (Å²) < 4.78 is 5.14. The van der Waals surface area contributed by atoms with Gasteiger partial charge in [-0.3, -0.25) is 4.79 Å². The van der Waals surface area contributed by atoms with Gasteiger partial charge in [0, 0.05) is 0 Å². The second kappa shape index (κ2) is 7.17. The molecular weight excluding hydrogens is 222 g/mol. The molecule has 0 bridgehead atoms. The van der Waals surface area contributed by atoms with Gasteiger partial charge in [-0.2, -0.15) is 11.8 Å². The first-order valence-corrected chi connectivity index (χ1v) is 7.28. The molecule has 1 aliphatic rings. The van der Waals surface area contributed by atoms with Gasteiger partial charge in [-0.05, 0) is 43.2 Å². The number of hydrogen-bond donors (Lipinski definition) is 1. The summed E-state index contributed by atoms with van der Waals surface area (Å²) in [4.78, 5) is 11.8. The van der Waals surface area contributed by atoms with Crippen molar-refractivity contribution in [3.63, 3.8) is 0 Å². The fourth-order valence-corrected chi connectivity index (χ4v) is 3.15. The Bertz CT molecular complexity index is 215. The van der Waals surface area contributed by atoms with Crippen LogP contribution < -0.4 is 5.32 Å². The van der Waals surface area contributed by atoms with Crippen LogP contribution in [0.25, 0.3) is 0 Å². The van der Waals surface area contributed by atoms with Crippen molar-refractivity contribution in [1.29, 1.82) is 0 Å². The molecular formula is C12H23NO2S. The fraction of sp³-hybridized carbons (Fsp3) is 0.917. The van der Waals surface area contributed by atoms with Crippen LogP contribution in [0, 0.1) is 11.8 Å². The topological polar surface area (TPSA) is 38.3 Å². The molecule has 0 aromatic heterocycles. The Hall–Kier alpha value is -0.220. The van der Waals surface area contributed by atoms with Crippen molar-refractivity contribution in [1.82, 2.24) is 5.32 Å². The van der Waals surface area contributed by atoms with Gasteiger partial charge >= 0.3 is 5.97 Å². The summed E-state index contributed by atoms with van der Waals surface area (Å²) in [5.74, 6) is 3.18. The standard InChI is InChI=1S/C12H23NO2S/c1-4-15-12(14)11(13-7-9(2)3)10-5-6-16-8-10/h9-11,13H,4-8H2,1-3H3. The highest BCUT2D eigenvalue weighted by Gasteiger charge is 2.31. The van der Waals surface area contributed by atoms with Crippen molar-refractivity contribution in [2.24, 2.45) is 11.8 Å². The Morgan fingerprint density at radius 3 is 2.81 bits per heavy atom. The second-order valence-electron chi connectivity index (χ2n) is 4.66. The van der Waals surface area contributed by atoms with E-state index in [-0.39, 0.29) is 12.0 Å². The lowest BCUT2D eigenvalue weighted by atomic mass is 9.98. The smallest absolute Gasteiger partial charge is 0.323 e. The van der Waals surface area contributed by atoms with E-state index in [0.717, 1.165) is 18.7 Å². The average Bonchev–Trinajstić information content (AvgIpc) is 2.71. The van der Waals surface area contributed by atoms with E-state index in [4.69, 9.17) is 4.74 Å². The number of nitrogens with one attached hydrogen (secondary N) is 1. The monoisotopic (exact) mass is 245 g/mol. The zero-order chi connectivity index (χ0) is 12.0. The molecule has 0 aromatic rings. The Morgan fingerprint density at radius 1 is 1.56 bits per heavy atom. The highest BCUT2D eigenvalue weighted by molar-refractivity contribution is 7.99. The third-order valence-electron chi connectivity index (χ3n) is 2.72.